The minimum Gasteiger partial charge on any atom is -0.321 e. The van der Waals surface area contributed by atoms with Crippen LogP contribution in [0.4, 0.5) is 5.69 Å². The van der Waals surface area contributed by atoms with E-state index in [1.807, 2.05) is 25.1 Å². The van der Waals surface area contributed by atoms with Crippen LogP contribution in [0.5, 0.6) is 0 Å². The van der Waals surface area contributed by atoms with E-state index < -0.39 is 0 Å². The molecule has 0 aliphatic rings. The lowest BCUT2D eigenvalue weighted by Crippen LogP contribution is -2.10. The lowest BCUT2D eigenvalue weighted by molar-refractivity contribution is 0.103. The number of amides is 1. The van der Waals surface area contributed by atoms with E-state index in [1.165, 1.54) is 11.3 Å². The highest BCUT2D eigenvalue weighted by molar-refractivity contribution is 9.10. The molecule has 0 fully saturated rings. The van der Waals surface area contributed by atoms with Crippen molar-refractivity contribution in [3.05, 3.63) is 49.6 Å². The van der Waals surface area contributed by atoms with Crippen molar-refractivity contribution in [2.75, 3.05) is 5.32 Å². The minimum absolute atomic E-state index is 0.132. The summed E-state index contributed by atoms with van der Waals surface area (Å²) in [5.74, 6) is -0.132. The molecule has 1 amide bonds. The Morgan fingerprint density at radius 3 is 2.71 bits per heavy atom. The fourth-order valence-electron chi connectivity index (χ4n) is 1.39. The molecule has 2 nitrogen and oxygen atoms in total. The Morgan fingerprint density at radius 2 is 2.12 bits per heavy atom. The third kappa shape index (κ3) is 3.09. The van der Waals surface area contributed by atoms with Crippen LogP contribution < -0.4 is 5.32 Å². The summed E-state index contributed by atoms with van der Waals surface area (Å²) >= 11 is 10.4. The van der Waals surface area contributed by atoms with Gasteiger partial charge in [0, 0.05) is 10.2 Å². The zero-order valence-electron chi connectivity index (χ0n) is 8.96. The van der Waals surface area contributed by atoms with Crippen molar-refractivity contribution in [1.29, 1.82) is 0 Å². The molecule has 17 heavy (non-hydrogen) atoms. The maximum absolute atomic E-state index is 11.9. The Balaban J connectivity index is 2.18. The van der Waals surface area contributed by atoms with Gasteiger partial charge in [0.05, 0.1) is 9.21 Å². The van der Waals surface area contributed by atoms with Crippen LogP contribution in [0.1, 0.15) is 15.2 Å². The first-order valence-corrected chi connectivity index (χ1v) is 6.88. The van der Waals surface area contributed by atoms with Crippen LogP contribution in [0.25, 0.3) is 0 Å². The largest absolute Gasteiger partial charge is 0.321 e. The monoisotopic (exact) mass is 329 g/mol. The summed E-state index contributed by atoms with van der Waals surface area (Å²) in [6.07, 6.45) is 0. The smallest absolute Gasteiger partial charge is 0.265 e. The van der Waals surface area contributed by atoms with E-state index in [0.717, 1.165) is 15.7 Å². The number of aryl methyl sites for hydroxylation is 1. The van der Waals surface area contributed by atoms with E-state index in [1.54, 1.807) is 12.1 Å². The Kier molecular flexibility index (Phi) is 3.86. The fourth-order valence-corrected chi connectivity index (χ4v) is 2.80. The molecule has 2 aromatic rings. The first-order chi connectivity index (χ1) is 8.06. The number of carbonyl (C=O) groups is 1. The molecule has 0 aliphatic carbocycles. The highest BCUT2D eigenvalue weighted by atomic mass is 79.9. The standard InChI is InChI=1S/C12H9BrClNOS/c1-7-6-8(13)2-3-9(7)15-12(16)10-4-5-11(14)17-10/h2-6H,1H3,(H,15,16). The number of hydrogen-bond donors (Lipinski definition) is 1. The quantitative estimate of drug-likeness (QED) is 0.847. The van der Waals surface area contributed by atoms with Crippen molar-refractivity contribution in [3.8, 4) is 0 Å². The van der Waals surface area contributed by atoms with Gasteiger partial charge in [0.1, 0.15) is 0 Å². The highest BCUT2D eigenvalue weighted by Crippen LogP contribution is 2.24. The van der Waals surface area contributed by atoms with Crippen LogP contribution in [0.2, 0.25) is 4.34 Å². The molecule has 0 radical (unpaired) electrons. The molecular formula is C12H9BrClNOS. The molecule has 1 aromatic carbocycles. The van der Waals surface area contributed by atoms with Crippen LogP contribution in [0.3, 0.4) is 0 Å². The molecule has 2 rings (SSSR count). The summed E-state index contributed by atoms with van der Waals surface area (Å²) in [6, 6.07) is 9.15. The van der Waals surface area contributed by atoms with Crippen LogP contribution in [0, 0.1) is 6.92 Å². The molecule has 0 aliphatic heterocycles. The molecule has 5 heteroatoms. The first kappa shape index (κ1) is 12.6. The summed E-state index contributed by atoms with van der Waals surface area (Å²) < 4.78 is 1.61. The van der Waals surface area contributed by atoms with Gasteiger partial charge in [-0.05, 0) is 42.8 Å². The molecule has 88 valence electrons. The Hall–Kier alpha value is -0.840. The molecular weight excluding hydrogens is 322 g/mol. The van der Waals surface area contributed by atoms with E-state index >= 15 is 0 Å². The lowest BCUT2D eigenvalue weighted by atomic mass is 10.2. The van der Waals surface area contributed by atoms with E-state index in [9.17, 15) is 4.79 Å². The molecule has 0 bridgehead atoms. The number of anilines is 1. The number of benzene rings is 1. The predicted octanol–water partition coefficient (Wildman–Crippen LogP) is 4.72. The molecule has 1 heterocycles. The molecule has 0 spiro atoms. The van der Waals surface area contributed by atoms with Crippen LogP contribution >= 0.6 is 38.9 Å². The van der Waals surface area contributed by atoms with Gasteiger partial charge < -0.3 is 5.32 Å². The van der Waals surface area contributed by atoms with Gasteiger partial charge in [-0.15, -0.1) is 11.3 Å². The second-order valence-electron chi connectivity index (χ2n) is 3.52. The van der Waals surface area contributed by atoms with Crippen molar-refractivity contribution >= 4 is 50.5 Å². The van der Waals surface area contributed by atoms with Crippen molar-refractivity contribution in [2.45, 2.75) is 6.92 Å². The SMILES string of the molecule is Cc1cc(Br)ccc1NC(=O)c1ccc(Cl)s1. The fraction of sp³-hybridized carbons (Fsp3) is 0.0833. The Morgan fingerprint density at radius 1 is 1.35 bits per heavy atom. The van der Waals surface area contributed by atoms with Gasteiger partial charge in [-0.2, -0.15) is 0 Å². The van der Waals surface area contributed by atoms with E-state index in [2.05, 4.69) is 21.2 Å². The number of rotatable bonds is 2. The number of thiophene rings is 1. The van der Waals surface area contributed by atoms with Gasteiger partial charge in [-0.25, -0.2) is 0 Å². The van der Waals surface area contributed by atoms with E-state index in [0.29, 0.717) is 9.21 Å². The number of halogens is 2. The normalized spacial score (nSPS) is 10.3. The van der Waals surface area contributed by atoms with Gasteiger partial charge in [-0.1, -0.05) is 27.5 Å². The third-order valence-electron chi connectivity index (χ3n) is 2.23. The van der Waals surface area contributed by atoms with Crippen molar-refractivity contribution in [3.63, 3.8) is 0 Å². The Labute approximate surface area is 117 Å². The van der Waals surface area contributed by atoms with Crippen LogP contribution in [0.15, 0.2) is 34.8 Å². The molecule has 1 aromatic heterocycles. The van der Waals surface area contributed by atoms with Gasteiger partial charge in [0.15, 0.2) is 0 Å². The van der Waals surface area contributed by atoms with Gasteiger partial charge in [-0.3, -0.25) is 4.79 Å². The zero-order valence-corrected chi connectivity index (χ0v) is 12.1. The molecule has 0 saturated carbocycles. The summed E-state index contributed by atoms with van der Waals surface area (Å²) in [5.41, 5.74) is 1.82. The Bertz CT molecular complexity index is 567. The lowest BCUT2D eigenvalue weighted by Gasteiger charge is -2.07. The van der Waals surface area contributed by atoms with Gasteiger partial charge in [0.2, 0.25) is 0 Å². The van der Waals surface area contributed by atoms with Crippen LogP contribution in [-0.2, 0) is 0 Å². The van der Waals surface area contributed by atoms with E-state index in [-0.39, 0.29) is 5.91 Å². The second kappa shape index (κ2) is 5.21. The second-order valence-corrected chi connectivity index (χ2v) is 6.15. The summed E-state index contributed by atoms with van der Waals surface area (Å²) in [4.78, 5) is 12.5. The topological polar surface area (TPSA) is 29.1 Å². The molecule has 1 N–H and O–H groups in total. The predicted molar refractivity (Wildman–Crippen MR) is 76.2 cm³/mol. The average Bonchev–Trinajstić information content (AvgIpc) is 2.69. The number of nitrogens with one attached hydrogen (secondary N) is 1. The highest BCUT2D eigenvalue weighted by Gasteiger charge is 2.10. The van der Waals surface area contributed by atoms with Crippen LogP contribution in [-0.4, -0.2) is 5.91 Å². The summed E-state index contributed by atoms with van der Waals surface area (Å²) in [5, 5.41) is 2.86. The number of hydrogen-bond acceptors (Lipinski definition) is 2. The number of carbonyl (C=O) groups excluding carboxylic acids is 1. The van der Waals surface area contributed by atoms with Crippen molar-refractivity contribution < 1.29 is 4.79 Å². The minimum atomic E-state index is -0.132. The molecule has 0 unspecified atom stereocenters. The third-order valence-corrected chi connectivity index (χ3v) is 3.96. The van der Waals surface area contributed by atoms with E-state index in [4.69, 9.17) is 11.6 Å². The first-order valence-electron chi connectivity index (χ1n) is 4.89. The molecule has 0 saturated heterocycles. The maximum Gasteiger partial charge on any atom is 0.265 e. The van der Waals surface area contributed by atoms with Gasteiger partial charge in [0.25, 0.3) is 5.91 Å². The van der Waals surface area contributed by atoms with Crippen molar-refractivity contribution in [1.82, 2.24) is 0 Å². The van der Waals surface area contributed by atoms with Crippen molar-refractivity contribution in [2.24, 2.45) is 0 Å². The summed E-state index contributed by atoms with van der Waals surface area (Å²) in [7, 11) is 0. The maximum atomic E-state index is 11.9. The summed E-state index contributed by atoms with van der Waals surface area (Å²) in [6.45, 7) is 1.95. The zero-order chi connectivity index (χ0) is 12.4. The molecule has 0 atom stereocenters. The van der Waals surface area contributed by atoms with Gasteiger partial charge >= 0.3 is 0 Å². The average molecular weight is 331 g/mol.